The Hall–Kier alpha value is -5.21. The molecule has 0 bridgehead atoms. The van der Waals surface area contributed by atoms with Crippen LogP contribution in [0.5, 0.6) is 0 Å². The zero-order valence-corrected chi connectivity index (χ0v) is 40.5. The Morgan fingerprint density at radius 2 is 0.569 bits per heavy atom. The third-order valence-electron chi connectivity index (χ3n) is 9.48. The smallest absolute Gasteiger partial charge is 0.339 e. The molecule has 0 spiro atoms. The van der Waals surface area contributed by atoms with Crippen LogP contribution < -0.4 is 0 Å². The summed E-state index contributed by atoms with van der Waals surface area (Å²) in [5.41, 5.74) is 0. The highest BCUT2D eigenvalue weighted by molar-refractivity contribution is 5.78. The van der Waals surface area contributed by atoms with Gasteiger partial charge in [-0.25, -0.2) is 19.2 Å². The van der Waals surface area contributed by atoms with Crippen molar-refractivity contribution >= 4 is 53.7 Å². The quantitative estimate of drug-likeness (QED) is 0.0676. The van der Waals surface area contributed by atoms with E-state index in [-0.39, 0.29) is 60.3 Å². The Balaban J connectivity index is 0.000000931. The van der Waals surface area contributed by atoms with Gasteiger partial charge in [0.1, 0.15) is 42.7 Å². The first-order valence-corrected chi connectivity index (χ1v) is 22.0. The van der Waals surface area contributed by atoms with E-state index in [4.69, 9.17) is 61.6 Å². The molecule has 4 fully saturated rings. The minimum Gasteiger partial charge on any atom is -0.464 e. The monoisotopic (exact) mass is 1050 g/mol. The summed E-state index contributed by atoms with van der Waals surface area (Å²) < 4.78 is 63.3. The zero-order valence-electron chi connectivity index (χ0n) is 40.5. The Kier molecular flexibility index (Phi) is 31.1. The molecule has 0 aromatic carbocycles. The van der Waals surface area contributed by atoms with Gasteiger partial charge in [0.05, 0.1) is 52.9 Å². The number of ether oxygens (including phenoxy) is 13. The van der Waals surface area contributed by atoms with Crippen LogP contribution in [0.3, 0.4) is 0 Å². The molecule has 4 saturated heterocycles. The standard InChI is InChI=1S/C12H18O8.3C10H16O7.CH4/c1-4-17-12(16)11-10(20-7(3)14)9(15)8(5-18-11)19-6(2)13;3*1-3-15-10(14)9-8(17-5(2)11)7(13)6(12)4-16-9;/h8-11,15H,4-5H2,1-3H3;3*6-9,12-13H,3-4H2,1-2H3;1H4/t8-,9-,10+,11+;6-,7-,8+,9+;2*6-,7-,8-,9-;/m0011./s1. The van der Waals surface area contributed by atoms with E-state index in [0.717, 1.165) is 27.7 Å². The molecule has 16 atom stereocenters. The number of aliphatic hydroxyl groups is 7. The molecule has 0 radical (unpaired) electrons. The lowest BCUT2D eigenvalue weighted by Gasteiger charge is -2.37. The highest BCUT2D eigenvalue weighted by Gasteiger charge is 2.49. The van der Waals surface area contributed by atoms with Gasteiger partial charge in [-0.15, -0.1) is 0 Å². The fourth-order valence-electron chi connectivity index (χ4n) is 6.48. The molecule has 0 saturated carbocycles. The molecule has 4 rings (SSSR count). The largest absolute Gasteiger partial charge is 0.464 e. The molecule has 4 aliphatic heterocycles. The maximum Gasteiger partial charge on any atom is 0.339 e. The number of rotatable bonds is 13. The number of carbonyl (C=O) groups is 9. The van der Waals surface area contributed by atoms with Crippen LogP contribution in [0, 0.1) is 0 Å². The number of hydrogen-bond donors (Lipinski definition) is 7. The number of carbonyl (C=O) groups excluding carboxylic acids is 9. The van der Waals surface area contributed by atoms with Crippen LogP contribution in [0.15, 0.2) is 0 Å². The Bertz CT molecular complexity index is 1600. The van der Waals surface area contributed by atoms with E-state index < -0.39 is 151 Å². The predicted molar refractivity (Wildman–Crippen MR) is 232 cm³/mol. The van der Waals surface area contributed by atoms with Crippen molar-refractivity contribution in [1.29, 1.82) is 0 Å². The second-order valence-corrected chi connectivity index (χ2v) is 15.1. The number of aliphatic hydroxyl groups excluding tert-OH is 7. The van der Waals surface area contributed by atoms with E-state index in [2.05, 4.69) is 0 Å². The highest BCUT2D eigenvalue weighted by atomic mass is 16.7. The number of esters is 9. The summed E-state index contributed by atoms with van der Waals surface area (Å²) in [5.74, 6) is -6.30. The zero-order chi connectivity index (χ0) is 54.3. The Morgan fingerprint density at radius 1 is 0.361 bits per heavy atom. The molecule has 29 nitrogen and oxygen atoms in total. The first kappa shape index (κ1) is 66.8. The molecule has 4 heterocycles. The number of hydrogen-bond acceptors (Lipinski definition) is 29. The molecule has 0 amide bonds. The van der Waals surface area contributed by atoms with E-state index in [1.807, 2.05) is 0 Å². The maximum absolute atomic E-state index is 11.7. The second-order valence-electron chi connectivity index (χ2n) is 15.1. The van der Waals surface area contributed by atoms with Crippen molar-refractivity contribution in [3.8, 4) is 0 Å². The van der Waals surface area contributed by atoms with Crippen molar-refractivity contribution < 1.29 is 140 Å². The SMILES string of the molecule is C.CCOC(=O)[C@@H]1OC[C@@H](O)[C@@H](O)[C@H]1OC(C)=O.CCOC(=O)[C@@H]1OC[C@@H](O)[C@@H](O)[C@H]1OC(C)=O.CCOC(=O)[C@@H]1OC[C@H](O)[C@H](O)[C@H]1OC(C)=O.CCOC(=O)[C@@H]1OC[C@H](OC(C)=O)[C@H](O)[C@H]1OC(C)=O. The highest BCUT2D eigenvalue weighted by Crippen LogP contribution is 2.24. The molecule has 7 N–H and O–H groups in total. The first-order chi connectivity index (χ1) is 33.3. The van der Waals surface area contributed by atoms with Gasteiger partial charge in [-0.05, 0) is 27.7 Å². The summed E-state index contributed by atoms with van der Waals surface area (Å²) >= 11 is 0. The third-order valence-corrected chi connectivity index (χ3v) is 9.48. The van der Waals surface area contributed by atoms with E-state index in [0.29, 0.717) is 0 Å². The lowest BCUT2D eigenvalue weighted by molar-refractivity contribution is -0.222. The lowest BCUT2D eigenvalue weighted by atomic mass is 9.99. The van der Waals surface area contributed by atoms with Crippen LogP contribution in [-0.2, 0) is 105 Å². The van der Waals surface area contributed by atoms with Gasteiger partial charge in [-0.2, -0.15) is 0 Å². The van der Waals surface area contributed by atoms with Crippen LogP contribution in [0.2, 0.25) is 0 Å². The summed E-state index contributed by atoms with van der Waals surface area (Å²) in [6.07, 6.45) is -20.0. The molecule has 29 heteroatoms. The predicted octanol–water partition coefficient (Wildman–Crippen LogP) is -4.39. The van der Waals surface area contributed by atoms with Gasteiger partial charge in [0.15, 0.2) is 54.9 Å². The van der Waals surface area contributed by atoms with Crippen LogP contribution in [0.25, 0.3) is 0 Å². The lowest BCUT2D eigenvalue weighted by Crippen LogP contribution is -2.58. The van der Waals surface area contributed by atoms with E-state index >= 15 is 0 Å². The summed E-state index contributed by atoms with van der Waals surface area (Å²) in [5, 5.41) is 67.2. The summed E-state index contributed by atoms with van der Waals surface area (Å²) in [6.45, 7) is 11.9. The molecule has 0 unspecified atom stereocenters. The van der Waals surface area contributed by atoms with Crippen LogP contribution >= 0.6 is 0 Å². The minimum atomic E-state index is -1.37. The maximum atomic E-state index is 11.7. The average Bonchev–Trinajstić information content (AvgIpc) is 3.27. The molecule has 416 valence electrons. The van der Waals surface area contributed by atoms with Gasteiger partial charge in [-0.1, -0.05) is 7.43 Å². The third kappa shape index (κ3) is 21.5. The van der Waals surface area contributed by atoms with Crippen molar-refractivity contribution in [3.05, 3.63) is 0 Å². The summed E-state index contributed by atoms with van der Waals surface area (Å²) in [6, 6.07) is 0. The van der Waals surface area contributed by atoms with Gasteiger partial charge in [0.25, 0.3) is 0 Å². The molecule has 4 aliphatic rings. The Labute approximate surface area is 414 Å². The van der Waals surface area contributed by atoms with Gasteiger partial charge in [0.2, 0.25) is 0 Å². The molecular weight excluding hydrogens is 980 g/mol. The summed E-state index contributed by atoms with van der Waals surface area (Å²) in [4.78, 5) is 101. The topological polar surface area (TPSA) is 415 Å². The van der Waals surface area contributed by atoms with E-state index in [1.165, 1.54) is 6.92 Å². The summed E-state index contributed by atoms with van der Waals surface area (Å²) in [7, 11) is 0. The Morgan fingerprint density at radius 3 is 0.778 bits per heavy atom. The molecular formula is C43H70O29. The van der Waals surface area contributed by atoms with Crippen molar-refractivity contribution in [2.45, 2.75) is 167 Å². The van der Waals surface area contributed by atoms with Crippen molar-refractivity contribution in [1.82, 2.24) is 0 Å². The van der Waals surface area contributed by atoms with Crippen molar-refractivity contribution in [2.75, 3.05) is 52.9 Å². The van der Waals surface area contributed by atoms with Crippen molar-refractivity contribution in [3.63, 3.8) is 0 Å². The molecule has 0 aliphatic carbocycles. The first-order valence-electron chi connectivity index (χ1n) is 22.0. The van der Waals surface area contributed by atoms with Crippen LogP contribution in [0.1, 0.15) is 69.7 Å². The van der Waals surface area contributed by atoms with Crippen molar-refractivity contribution in [2.24, 2.45) is 0 Å². The van der Waals surface area contributed by atoms with Gasteiger partial charge >= 0.3 is 53.7 Å². The normalized spacial score (nSPS) is 31.5. The van der Waals surface area contributed by atoms with Gasteiger partial charge in [-0.3, -0.25) is 24.0 Å². The van der Waals surface area contributed by atoms with E-state index in [1.54, 1.807) is 27.7 Å². The molecule has 0 aromatic rings. The second kappa shape index (κ2) is 33.5. The van der Waals surface area contributed by atoms with Crippen LogP contribution in [-0.4, -0.2) is 240 Å². The fourth-order valence-corrected chi connectivity index (χ4v) is 6.48. The average molecular weight is 1050 g/mol. The molecule has 72 heavy (non-hydrogen) atoms. The van der Waals surface area contributed by atoms with E-state index in [9.17, 15) is 78.9 Å². The van der Waals surface area contributed by atoms with Gasteiger partial charge in [0, 0.05) is 34.6 Å². The van der Waals surface area contributed by atoms with Gasteiger partial charge < -0.3 is 97.3 Å². The minimum absolute atomic E-state index is 0. The molecule has 0 aromatic heterocycles. The fraction of sp³-hybridized carbons (Fsp3) is 0.791. The van der Waals surface area contributed by atoms with Crippen LogP contribution in [0.4, 0.5) is 0 Å².